The van der Waals surface area contributed by atoms with E-state index in [1.54, 1.807) is 6.07 Å². The number of amides is 3. The van der Waals surface area contributed by atoms with Crippen LogP contribution in [-0.2, 0) is 9.53 Å². The van der Waals surface area contributed by atoms with Crippen molar-refractivity contribution < 1.29 is 19.4 Å². The molecule has 0 saturated carbocycles. The normalized spacial score (nSPS) is 17.4. The Bertz CT molecular complexity index is 681. The first-order chi connectivity index (χ1) is 13.1. The molecule has 1 aliphatic heterocycles. The van der Waals surface area contributed by atoms with Crippen molar-refractivity contribution in [3.8, 4) is 0 Å². The van der Waals surface area contributed by atoms with Crippen molar-refractivity contribution in [1.82, 2.24) is 5.32 Å². The molecule has 28 heavy (non-hydrogen) atoms. The molecule has 1 aromatic rings. The highest BCUT2D eigenvalue weighted by Gasteiger charge is 2.31. The van der Waals surface area contributed by atoms with Crippen LogP contribution in [0.1, 0.15) is 40.0 Å². The summed E-state index contributed by atoms with van der Waals surface area (Å²) in [6.07, 6.45) is 1.83. The second kappa shape index (κ2) is 9.25. The highest BCUT2D eigenvalue weighted by atomic mass is 16.5. The third-order valence-corrected chi connectivity index (χ3v) is 4.93. The van der Waals surface area contributed by atoms with Gasteiger partial charge in [-0.05, 0) is 36.8 Å². The molecule has 0 unspecified atom stereocenters. The lowest BCUT2D eigenvalue weighted by atomic mass is 9.86. The number of urea groups is 1. The molecule has 156 valence electrons. The van der Waals surface area contributed by atoms with E-state index < -0.39 is 29.0 Å². The SMILES string of the molecule is CC(C)(C)[C@H](NC(=O)Nc1ccccc1NCCC1(O)CCOCC1)C(N)=O. The van der Waals surface area contributed by atoms with E-state index in [0.29, 0.717) is 44.7 Å². The molecule has 0 aromatic heterocycles. The number of benzene rings is 1. The first-order valence-electron chi connectivity index (χ1n) is 9.61. The summed E-state index contributed by atoms with van der Waals surface area (Å²) in [6, 6.07) is 5.98. The van der Waals surface area contributed by atoms with Crippen LogP contribution in [0.25, 0.3) is 0 Å². The summed E-state index contributed by atoms with van der Waals surface area (Å²) < 4.78 is 5.30. The van der Waals surface area contributed by atoms with Crippen molar-refractivity contribution in [2.75, 3.05) is 30.4 Å². The molecule has 0 bridgehead atoms. The minimum atomic E-state index is -0.796. The Balaban J connectivity index is 1.95. The summed E-state index contributed by atoms with van der Waals surface area (Å²) in [6.45, 7) is 7.20. The largest absolute Gasteiger partial charge is 0.390 e. The van der Waals surface area contributed by atoms with Gasteiger partial charge < -0.3 is 31.5 Å². The second-order valence-electron chi connectivity index (χ2n) is 8.36. The summed E-state index contributed by atoms with van der Waals surface area (Å²) in [4.78, 5) is 24.0. The average molecular weight is 393 g/mol. The Labute approximate surface area is 166 Å². The first kappa shape index (κ1) is 22.0. The van der Waals surface area contributed by atoms with Crippen LogP contribution in [0.5, 0.6) is 0 Å². The van der Waals surface area contributed by atoms with Gasteiger partial charge in [0, 0.05) is 19.8 Å². The van der Waals surface area contributed by atoms with Gasteiger partial charge in [0.05, 0.1) is 17.0 Å². The molecule has 0 aliphatic carbocycles. The molecule has 1 atom stereocenters. The number of carbonyl (C=O) groups is 2. The lowest BCUT2D eigenvalue weighted by Crippen LogP contribution is -2.53. The molecule has 8 heteroatoms. The topological polar surface area (TPSA) is 126 Å². The van der Waals surface area contributed by atoms with E-state index >= 15 is 0 Å². The van der Waals surface area contributed by atoms with Crippen LogP contribution < -0.4 is 21.7 Å². The number of anilines is 2. The first-order valence-corrected chi connectivity index (χ1v) is 9.61. The Morgan fingerprint density at radius 1 is 1.21 bits per heavy atom. The predicted molar refractivity (Wildman–Crippen MR) is 109 cm³/mol. The molecule has 1 aliphatic rings. The zero-order valence-electron chi connectivity index (χ0n) is 16.9. The van der Waals surface area contributed by atoms with Crippen LogP contribution in [-0.4, -0.2) is 48.4 Å². The van der Waals surface area contributed by atoms with Crippen LogP contribution in [0.2, 0.25) is 0 Å². The summed E-state index contributed by atoms with van der Waals surface area (Å²) in [7, 11) is 0. The van der Waals surface area contributed by atoms with Gasteiger partial charge >= 0.3 is 6.03 Å². The zero-order valence-corrected chi connectivity index (χ0v) is 16.9. The average Bonchev–Trinajstić information content (AvgIpc) is 2.60. The smallest absolute Gasteiger partial charge is 0.319 e. The number of ether oxygens (including phenoxy) is 1. The number of para-hydroxylation sites is 2. The van der Waals surface area contributed by atoms with Gasteiger partial charge in [-0.25, -0.2) is 4.79 Å². The molecule has 1 fully saturated rings. The van der Waals surface area contributed by atoms with Crippen LogP contribution in [0.3, 0.4) is 0 Å². The van der Waals surface area contributed by atoms with Crippen molar-refractivity contribution >= 4 is 23.3 Å². The van der Waals surface area contributed by atoms with E-state index in [1.165, 1.54) is 0 Å². The highest BCUT2D eigenvalue weighted by Crippen LogP contribution is 2.26. The van der Waals surface area contributed by atoms with Crippen LogP contribution >= 0.6 is 0 Å². The van der Waals surface area contributed by atoms with Crippen LogP contribution in [0.15, 0.2) is 24.3 Å². The summed E-state index contributed by atoms with van der Waals surface area (Å²) >= 11 is 0. The lowest BCUT2D eigenvalue weighted by Gasteiger charge is -2.32. The van der Waals surface area contributed by atoms with Crippen LogP contribution in [0, 0.1) is 5.41 Å². The van der Waals surface area contributed by atoms with E-state index in [0.717, 1.165) is 5.69 Å². The molecule has 8 nitrogen and oxygen atoms in total. The number of carbonyl (C=O) groups excluding carboxylic acids is 2. The maximum atomic E-state index is 12.4. The second-order valence-corrected chi connectivity index (χ2v) is 8.36. The van der Waals surface area contributed by atoms with Crippen molar-refractivity contribution in [2.45, 2.75) is 51.7 Å². The third-order valence-electron chi connectivity index (χ3n) is 4.93. The van der Waals surface area contributed by atoms with Crippen LogP contribution in [0.4, 0.5) is 16.2 Å². The Morgan fingerprint density at radius 2 is 1.82 bits per heavy atom. The molecule has 2 rings (SSSR count). The molecule has 1 saturated heterocycles. The minimum Gasteiger partial charge on any atom is -0.390 e. The molecule has 0 radical (unpaired) electrons. The summed E-state index contributed by atoms with van der Waals surface area (Å²) in [5.74, 6) is -0.584. The van der Waals surface area contributed by atoms with Gasteiger partial charge in [0.15, 0.2) is 0 Å². The number of rotatable bonds is 7. The standard InChI is InChI=1S/C20H32N4O4/c1-19(2,3)16(17(21)25)24-18(26)23-15-7-5-4-6-14(15)22-11-8-20(27)9-12-28-13-10-20/h4-7,16,22,27H,8-13H2,1-3H3,(H2,21,25)(H2,23,24,26)/t16-/m1/s1. The molecule has 6 N–H and O–H groups in total. The Kier molecular flexibility index (Phi) is 7.26. The van der Waals surface area contributed by atoms with E-state index in [2.05, 4.69) is 16.0 Å². The minimum absolute atomic E-state index is 0.500. The highest BCUT2D eigenvalue weighted by molar-refractivity contribution is 5.96. The van der Waals surface area contributed by atoms with E-state index in [9.17, 15) is 14.7 Å². The number of hydrogen-bond acceptors (Lipinski definition) is 5. The lowest BCUT2D eigenvalue weighted by molar-refractivity contribution is -0.122. The van der Waals surface area contributed by atoms with Crippen molar-refractivity contribution in [1.29, 1.82) is 0 Å². The van der Waals surface area contributed by atoms with Gasteiger partial charge in [0.2, 0.25) is 5.91 Å². The maximum Gasteiger partial charge on any atom is 0.319 e. The number of nitrogens with two attached hydrogens (primary N) is 1. The summed E-state index contributed by atoms with van der Waals surface area (Å²) in [5, 5.41) is 19.2. The maximum absolute atomic E-state index is 12.4. The Morgan fingerprint density at radius 3 is 2.39 bits per heavy atom. The number of aliphatic hydroxyl groups is 1. The van der Waals surface area contributed by atoms with Crippen molar-refractivity contribution in [3.05, 3.63) is 24.3 Å². The van der Waals surface area contributed by atoms with Gasteiger partial charge in [0.25, 0.3) is 0 Å². The third kappa shape index (κ3) is 6.38. The van der Waals surface area contributed by atoms with Gasteiger partial charge in [-0.2, -0.15) is 0 Å². The molecule has 3 amide bonds. The number of nitrogens with one attached hydrogen (secondary N) is 3. The van der Waals surface area contributed by atoms with Crippen molar-refractivity contribution in [3.63, 3.8) is 0 Å². The number of hydrogen-bond donors (Lipinski definition) is 5. The molecule has 0 spiro atoms. The monoisotopic (exact) mass is 392 g/mol. The van der Waals surface area contributed by atoms with Gasteiger partial charge in [-0.1, -0.05) is 32.9 Å². The zero-order chi connectivity index (χ0) is 20.8. The van der Waals surface area contributed by atoms with E-state index in [-0.39, 0.29) is 0 Å². The van der Waals surface area contributed by atoms with Crippen molar-refractivity contribution in [2.24, 2.45) is 11.1 Å². The van der Waals surface area contributed by atoms with Gasteiger partial charge in [-0.15, -0.1) is 0 Å². The number of primary amides is 1. The fourth-order valence-corrected chi connectivity index (χ4v) is 3.18. The van der Waals surface area contributed by atoms with Gasteiger partial charge in [-0.3, -0.25) is 4.79 Å². The summed E-state index contributed by atoms with van der Waals surface area (Å²) in [5.41, 5.74) is 5.52. The molecule has 1 aromatic carbocycles. The van der Waals surface area contributed by atoms with Gasteiger partial charge in [0.1, 0.15) is 6.04 Å². The fraction of sp³-hybridized carbons (Fsp3) is 0.600. The molecular weight excluding hydrogens is 360 g/mol. The van der Waals surface area contributed by atoms with E-state index in [1.807, 2.05) is 39.0 Å². The quantitative estimate of drug-likeness (QED) is 0.485. The predicted octanol–water partition coefficient (Wildman–Crippen LogP) is 2.05. The van der Waals surface area contributed by atoms with E-state index in [4.69, 9.17) is 10.5 Å². The molecular formula is C20H32N4O4. The molecule has 1 heterocycles. The fourth-order valence-electron chi connectivity index (χ4n) is 3.18. The Hall–Kier alpha value is -2.32.